The largest absolute Gasteiger partial charge is 0.310 e. The van der Waals surface area contributed by atoms with E-state index in [0.29, 0.717) is 11.5 Å². The average Bonchev–Trinajstić information content (AvgIpc) is 2.23. The summed E-state index contributed by atoms with van der Waals surface area (Å²) in [6.07, 6.45) is 11.2. The van der Waals surface area contributed by atoms with Crippen LogP contribution in [0.4, 0.5) is 0 Å². The molecule has 1 N–H and O–H groups in total. The molecule has 4 saturated carbocycles. The fraction of sp³-hybridized carbons (Fsp3) is 0.867. The van der Waals surface area contributed by atoms with E-state index in [4.69, 9.17) is 0 Å². The van der Waals surface area contributed by atoms with Crippen LogP contribution in [0.1, 0.15) is 45.4 Å². The van der Waals surface area contributed by atoms with Crippen LogP contribution >= 0.6 is 0 Å². The maximum Gasteiger partial charge on any atom is 0.0304 e. The van der Waals surface area contributed by atoms with E-state index in [1.54, 1.807) is 0 Å². The van der Waals surface area contributed by atoms with Crippen molar-refractivity contribution in [2.24, 2.45) is 23.2 Å². The molecule has 4 aliphatic carbocycles. The fourth-order valence-corrected chi connectivity index (χ4v) is 5.33. The third-order valence-electron chi connectivity index (χ3n) is 5.41. The predicted octanol–water partition coefficient (Wildman–Crippen LogP) is 3.37. The van der Waals surface area contributed by atoms with E-state index in [0.717, 1.165) is 24.3 Å². The van der Waals surface area contributed by atoms with Crippen LogP contribution in [0.15, 0.2) is 12.7 Å². The first kappa shape index (κ1) is 10.8. The van der Waals surface area contributed by atoms with Gasteiger partial charge in [0, 0.05) is 6.04 Å². The van der Waals surface area contributed by atoms with Crippen molar-refractivity contribution in [3.63, 3.8) is 0 Å². The molecule has 0 aromatic rings. The number of likely N-dealkylation sites (N-methyl/N-ethyl adjacent to an activating group) is 1. The molecule has 4 bridgehead atoms. The first-order chi connectivity index (χ1) is 7.75. The van der Waals surface area contributed by atoms with E-state index >= 15 is 0 Å². The van der Waals surface area contributed by atoms with Crippen molar-refractivity contribution in [2.45, 2.75) is 51.5 Å². The molecule has 4 rings (SSSR count). The van der Waals surface area contributed by atoms with Crippen molar-refractivity contribution >= 4 is 0 Å². The summed E-state index contributed by atoms with van der Waals surface area (Å²) in [4.78, 5) is 0. The molecule has 90 valence electrons. The van der Waals surface area contributed by atoms with Crippen molar-refractivity contribution in [3.8, 4) is 0 Å². The lowest BCUT2D eigenvalue weighted by Crippen LogP contribution is -2.55. The van der Waals surface area contributed by atoms with Crippen molar-refractivity contribution in [2.75, 3.05) is 6.54 Å². The third kappa shape index (κ3) is 1.55. The van der Waals surface area contributed by atoms with E-state index in [1.807, 2.05) is 0 Å². The topological polar surface area (TPSA) is 12.0 Å². The van der Waals surface area contributed by atoms with Gasteiger partial charge >= 0.3 is 0 Å². The van der Waals surface area contributed by atoms with Gasteiger partial charge in [0.25, 0.3) is 0 Å². The Balaban J connectivity index is 1.84. The molecule has 4 aliphatic rings. The average molecular weight is 219 g/mol. The molecule has 0 aliphatic heterocycles. The summed E-state index contributed by atoms with van der Waals surface area (Å²) in [5.74, 6) is 3.15. The minimum atomic E-state index is 0.575. The van der Waals surface area contributed by atoms with Crippen LogP contribution < -0.4 is 5.32 Å². The van der Waals surface area contributed by atoms with Crippen molar-refractivity contribution < 1.29 is 0 Å². The van der Waals surface area contributed by atoms with Gasteiger partial charge in [0.05, 0.1) is 0 Å². The number of nitrogens with one attached hydrogen (secondary N) is 1. The van der Waals surface area contributed by atoms with Crippen LogP contribution in [-0.2, 0) is 0 Å². The molecule has 0 spiro atoms. The summed E-state index contributed by atoms with van der Waals surface area (Å²) in [5, 5.41) is 3.67. The first-order valence-corrected chi connectivity index (χ1v) is 7.11. The normalized spacial score (nSPS) is 46.9. The Kier molecular flexibility index (Phi) is 2.62. The summed E-state index contributed by atoms with van der Waals surface area (Å²) < 4.78 is 0. The molecule has 0 heterocycles. The van der Waals surface area contributed by atoms with Crippen LogP contribution in [0.2, 0.25) is 0 Å². The lowest BCUT2D eigenvalue weighted by atomic mass is 9.47. The highest BCUT2D eigenvalue weighted by molar-refractivity contribution is 5.10. The van der Waals surface area contributed by atoms with Crippen LogP contribution in [0.3, 0.4) is 0 Å². The van der Waals surface area contributed by atoms with E-state index < -0.39 is 0 Å². The zero-order chi connectivity index (χ0) is 11.2. The van der Waals surface area contributed by atoms with E-state index in [1.165, 1.54) is 38.5 Å². The summed E-state index contributed by atoms with van der Waals surface area (Å²) in [5.41, 5.74) is 0.590. The van der Waals surface area contributed by atoms with Gasteiger partial charge in [0.1, 0.15) is 0 Å². The van der Waals surface area contributed by atoms with Gasteiger partial charge < -0.3 is 5.32 Å². The highest BCUT2D eigenvalue weighted by Crippen LogP contribution is 2.61. The van der Waals surface area contributed by atoms with Crippen molar-refractivity contribution in [3.05, 3.63) is 12.7 Å². The van der Waals surface area contributed by atoms with Gasteiger partial charge in [-0.15, -0.1) is 6.58 Å². The summed E-state index contributed by atoms with van der Waals surface area (Å²) >= 11 is 0. The Morgan fingerprint density at radius 2 is 1.69 bits per heavy atom. The first-order valence-electron chi connectivity index (χ1n) is 7.11. The molecule has 0 aromatic carbocycles. The van der Waals surface area contributed by atoms with Gasteiger partial charge in [0.2, 0.25) is 0 Å². The van der Waals surface area contributed by atoms with E-state index in [-0.39, 0.29) is 0 Å². The van der Waals surface area contributed by atoms with Gasteiger partial charge in [-0.2, -0.15) is 0 Å². The van der Waals surface area contributed by atoms with Crippen molar-refractivity contribution in [1.29, 1.82) is 0 Å². The summed E-state index contributed by atoms with van der Waals surface area (Å²) in [6.45, 7) is 7.38. The molecular formula is C15H25N. The van der Waals surface area contributed by atoms with E-state index in [9.17, 15) is 0 Å². The van der Waals surface area contributed by atoms with Crippen LogP contribution in [0.25, 0.3) is 0 Å². The second-order valence-corrected chi connectivity index (χ2v) is 6.55. The van der Waals surface area contributed by atoms with Crippen LogP contribution in [0.5, 0.6) is 0 Å². The zero-order valence-electron chi connectivity index (χ0n) is 10.5. The molecule has 0 amide bonds. The Bertz CT molecular complexity index is 246. The molecule has 16 heavy (non-hydrogen) atoms. The molecule has 1 heteroatoms. The lowest BCUT2D eigenvalue weighted by Gasteiger charge is -2.59. The lowest BCUT2D eigenvalue weighted by molar-refractivity contribution is -0.0647. The number of hydrogen-bond acceptors (Lipinski definition) is 1. The smallest absolute Gasteiger partial charge is 0.0304 e. The molecule has 1 nitrogen and oxygen atoms in total. The SMILES string of the molecule is C=CC(NCC)C12CC3CC(CC(C3)C1)C2. The van der Waals surface area contributed by atoms with Crippen LogP contribution in [-0.4, -0.2) is 12.6 Å². The minimum Gasteiger partial charge on any atom is -0.310 e. The Morgan fingerprint density at radius 1 is 1.19 bits per heavy atom. The molecule has 1 atom stereocenters. The molecule has 1 unspecified atom stereocenters. The third-order valence-corrected chi connectivity index (χ3v) is 5.41. The summed E-state index contributed by atoms with van der Waals surface area (Å²) in [7, 11) is 0. The second kappa shape index (κ2) is 3.87. The summed E-state index contributed by atoms with van der Waals surface area (Å²) in [6, 6.07) is 0.575. The van der Waals surface area contributed by atoms with Gasteiger partial charge in [0.15, 0.2) is 0 Å². The predicted molar refractivity (Wildman–Crippen MR) is 68.3 cm³/mol. The maximum atomic E-state index is 4.07. The van der Waals surface area contributed by atoms with E-state index in [2.05, 4.69) is 24.9 Å². The van der Waals surface area contributed by atoms with Crippen LogP contribution in [0, 0.1) is 23.2 Å². The molecule has 4 fully saturated rings. The molecular weight excluding hydrogens is 194 g/mol. The maximum absolute atomic E-state index is 4.07. The fourth-order valence-electron chi connectivity index (χ4n) is 5.33. The Morgan fingerprint density at radius 3 is 2.06 bits per heavy atom. The quantitative estimate of drug-likeness (QED) is 0.715. The van der Waals surface area contributed by atoms with Gasteiger partial charge in [-0.1, -0.05) is 13.0 Å². The molecule has 0 saturated heterocycles. The monoisotopic (exact) mass is 219 g/mol. The molecule has 0 aromatic heterocycles. The highest BCUT2D eigenvalue weighted by Gasteiger charge is 2.53. The van der Waals surface area contributed by atoms with Gasteiger partial charge in [-0.25, -0.2) is 0 Å². The Hall–Kier alpha value is -0.300. The zero-order valence-corrected chi connectivity index (χ0v) is 10.5. The highest BCUT2D eigenvalue weighted by atomic mass is 14.9. The van der Waals surface area contributed by atoms with Gasteiger partial charge in [-0.3, -0.25) is 0 Å². The van der Waals surface area contributed by atoms with Crippen molar-refractivity contribution in [1.82, 2.24) is 5.32 Å². The minimum absolute atomic E-state index is 0.575. The standard InChI is InChI=1S/C15H25N/c1-3-14(16-4-2)15-8-11-5-12(9-15)7-13(6-11)10-15/h3,11-14,16H,1,4-10H2,2H3. The molecule has 0 radical (unpaired) electrons. The van der Waals surface area contributed by atoms with Gasteiger partial charge in [-0.05, 0) is 68.2 Å². The number of rotatable bonds is 4. The Labute approximate surface area is 99.7 Å². The number of hydrogen-bond donors (Lipinski definition) is 1. The second-order valence-electron chi connectivity index (χ2n) is 6.55.